The van der Waals surface area contributed by atoms with Gasteiger partial charge in [-0.2, -0.15) is 4.31 Å². The summed E-state index contributed by atoms with van der Waals surface area (Å²) in [5.41, 5.74) is 0.991. The maximum atomic E-state index is 12.6. The van der Waals surface area contributed by atoms with Crippen molar-refractivity contribution in [2.24, 2.45) is 11.8 Å². The first kappa shape index (κ1) is 16.5. The number of likely N-dealkylation sites (tertiary alicyclic amines) is 1. The molecule has 0 saturated carbocycles. The molecule has 2 atom stereocenters. The Morgan fingerprint density at radius 2 is 1.44 bits per heavy atom. The molecule has 1 aromatic carbocycles. The summed E-state index contributed by atoms with van der Waals surface area (Å²) in [6.07, 6.45) is 5.10. The molecule has 0 aromatic heterocycles. The van der Waals surface area contributed by atoms with E-state index in [9.17, 15) is 18.0 Å². The number of nitrogens with zero attached hydrogens (tertiary/aromatic N) is 2. The predicted molar refractivity (Wildman–Crippen MR) is 90.9 cm³/mol. The van der Waals surface area contributed by atoms with Gasteiger partial charge < -0.3 is 0 Å². The number of aryl methyl sites for hydroxylation is 1. The van der Waals surface area contributed by atoms with Gasteiger partial charge >= 0.3 is 0 Å². The number of sulfonamides is 1. The molecule has 3 aliphatic rings. The topological polar surface area (TPSA) is 74.8 Å². The number of imide groups is 1. The van der Waals surface area contributed by atoms with Crippen LogP contribution in [0.15, 0.2) is 41.3 Å². The van der Waals surface area contributed by atoms with E-state index in [-0.39, 0.29) is 47.7 Å². The molecule has 6 nitrogen and oxygen atoms in total. The van der Waals surface area contributed by atoms with E-state index >= 15 is 0 Å². The zero-order chi connectivity index (χ0) is 17.8. The first-order valence-electron chi connectivity index (χ1n) is 8.48. The zero-order valence-corrected chi connectivity index (χ0v) is 14.8. The summed E-state index contributed by atoms with van der Waals surface area (Å²) in [7, 11) is -3.57. The lowest BCUT2D eigenvalue weighted by Gasteiger charge is -2.42. The fourth-order valence-corrected chi connectivity index (χ4v) is 5.34. The van der Waals surface area contributed by atoms with Crippen molar-refractivity contribution in [3.63, 3.8) is 0 Å². The van der Waals surface area contributed by atoms with Crippen LogP contribution in [0.2, 0.25) is 0 Å². The van der Waals surface area contributed by atoms with Crippen LogP contribution in [0.5, 0.6) is 0 Å². The van der Waals surface area contributed by atoms with Gasteiger partial charge in [-0.15, -0.1) is 0 Å². The molecule has 2 fully saturated rings. The van der Waals surface area contributed by atoms with E-state index in [1.807, 2.05) is 19.1 Å². The van der Waals surface area contributed by atoms with Crippen LogP contribution in [-0.4, -0.2) is 48.6 Å². The van der Waals surface area contributed by atoms with Crippen LogP contribution in [0.25, 0.3) is 0 Å². The number of fused-ring (bicyclic) bond motifs is 1. The van der Waals surface area contributed by atoms with Gasteiger partial charge in [-0.3, -0.25) is 14.5 Å². The number of hydrogen-bond donors (Lipinski definition) is 0. The summed E-state index contributed by atoms with van der Waals surface area (Å²) in [4.78, 5) is 26.7. The molecule has 25 heavy (non-hydrogen) atoms. The van der Waals surface area contributed by atoms with Gasteiger partial charge in [-0.1, -0.05) is 29.8 Å². The normalized spacial score (nSPS) is 27.5. The highest BCUT2D eigenvalue weighted by Crippen LogP contribution is 2.38. The second kappa shape index (κ2) is 5.78. The fourth-order valence-electron chi connectivity index (χ4n) is 3.82. The predicted octanol–water partition coefficient (Wildman–Crippen LogP) is 1.32. The largest absolute Gasteiger partial charge is 0.276 e. The molecule has 2 heterocycles. The minimum absolute atomic E-state index is 0.142. The average molecular weight is 360 g/mol. The van der Waals surface area contributed by atoms with Gasteiger partial charge in [0, 0.05) is 13.1 Å². The van der Waals surface area contributed by atoms with Crippen LogP contribution in [0.3, 0.4) is 0 Å². The first-order valence-corrected chi connectivity index (χ1v) is 9.92. The van der Waals surface area contributed by atoms with Crippen LogP contribution in [0.4, 0.5) is 0 Å². The summed E-state index contributed by atoms with van der Waals surface area (Å²) in [5.74, 6) is -0.811. The molecule has 2 unspecified atom stereocenters. The Morgan fingerprint density at radius 3 is 1.96 bits per heavy atom. The van der Waals surface area contributed by atoms with Gasteiger partial charge in [-0.05, 0) is 31.9 Å². The molecule has 2 aliphatic heterocycles. The molecule has 1 aromatic rings. The van der Waals surface area contributed by atoms with Crippen molar-refractivity contribution in [3.05, 3.63) is 42.0 Å². The first-order chi connectivity index (χ1) is 11.9. The Labute approximate surface area is 147 Å². The monoisotopic (exact) mass is 360 g/mol. The van der Waals surface area contributed by atoms with Gasteiger partial charge in [0.1, 0.15) is 0 Å². The number of amides is 2. The molecule has 132 valence electrons. The molecular weight excluding hydrogens is 340 g/mol. The molecule has 1 aliphatic carbocycles. The summed E-state index contributed by atoms with van der Waals surface area (Å²) in [5, 5.41) is 0. The Morgan fingerprint density at radius 1 is 0.920 bits per heavy atom. The highest BCUT2D eigenvalue weighted by molar-refractivity contribution is 7.89. The molecule has 0 N–H and O–H groups in total. The Hall–Kier alpha value is -1.99. The highest BCUT2D eigenvalue weighted by atomic mass is 32.2. The zero-order valence-electron chi connectivity index (χ0n) is 14.0. The van der Waals surface area contributed by atoms with Crippen LogP contribution in [0.1, 0.15) is 18.4 Å². The van der Waals surface area contributed by atoms with Gasteiger partial charge in [0.2, 0.25) is 21.8 Å². The number of benzene rings is 1. The molecule has 0 spiro atoms. The fraction of sp³-hybridized carbons (Fsp3) is 0.444. The maximum absolute atomic E-state index is 12.6. The molecule has 0 radical (unpaired) electrons. The summed E-state index contributed by atoms with van der Waals surface area (Å²) < 4.78 is 26.6. The Balaban J connectivity index is 1.48. The van der Waals surface area contributed by atoms with Crippen molar-refractivity contribution in [2.75, 3.05) is 13.1 Å². The minimum atomic E-state index is -3.57. The third-order valence-corrected chi connectivity index (χ3v) is 7.24. The van der Waals surface area contributed by atoms with Crippen molar-refractivity contribution >= 4 is 21.8 Å². The number of carbonyl (C=O) groups excluding carboxylic acids is 2. The maximum Gasteiger partial charge on any atom is 0.243 e. The standard InChI is InChI=1S/C18H20N2O4S/c1-12-6-8-14(9-7-12)25(23,24)19-10-13(11-19)20-17(21)15-4-2-3-5-16(15)18(20)22/h2-3,6-9,13,15-16H,4-5,10-11H2,1H3. The number of hydrogen-bond acceptors (Lipinski definition) is 4. The van der Waals surface area contributed by atoms with E-state index in [2.05, 4.69) is 0 Å². The molecule has 0 bridgehead atoms. The van der Waals surface area contributed by atoms with Gasteiger partial charge in [0.25, 0.3) is 0 Å². The SMILES string of the molecule is Cc1ccc(S(=O)(=O)N2CC(N3C(=O)C4CC=CCC4C3=O)C2)cc1. The lowest BCUT2D eigenvalue weighted by atomic mass is 9.85. The van der Waals surface area contributed by atoms with Gasteiger partial charge in [0.15, 0.2) is 0 Å². The van der Waals surface area contributed by atoms with E-state index in [1.165, 1.54) is 9.21 Å². The van der Waals surface area contributed by atoms with Crippen molar-refractivity contribution in [3.8, 4) is 0 Å². The summed E-state index contributed by atoms with van der Waals surface area (Å²) >= 11 is 0. The highest BCUT2D eigenvalue weighted by Gasteiger charge is 2.53. The van der Waals surface area contributed by atoms with E-state index < -0.39 is 10.0 Å². The van der Waals surface area contributed by atoms with Crippen molar-refractivity contribution in [1.82, 2.24) is 9.21 Å². The summed E-state index contributed by atoms with van der Waals surface area (Å²) in [6.45, 7) is 2.26. The van der Waals surface area contributed by atoms with E-state index in [1.54, 1.807) is 24.3 Å². The smallest absolute Gasteiger partial charge is 0.243 e. The third-order valence-electron chi connectivity index (χ3n) is 5.39. The van der Waals surface area contributed by atoms with E-state index in [0.29, 0.717) is 12.8 Å². The van der Waals surface area contributed by atoms with Gasteiger partial charge in [0.05, 0.1) is 22.8 Å². The third kappa shape index (κ3) is 2.53. The quantitative estimate of drug-likeness (QED) is 0.602. The van der Waals surface area contributed by atoms with Crippen LogP contribution < -0.4 is 0 Å². The lowest BCUT2D eigenvalue weighted by molar-refractivity contribution is -0.145. The average Bonchev–Trinajstić information content (AvgIpc) is 2.79. The molecular formula is C18H20N2O4S. The Kier molecular flexibility index (Phi) is 3.81. The molecule has 2 amide bonds. The summed E-state index contributed by atoms with van der Waals surface area (Å²) in [6, 6.07) is 6.35. The molecule has 4 rings (SSSR count). The van der Waals surface area contributed by atoms with Crippen molar-refractivity contribution < 1.29 is 18.0 Å². The molecule has 7 heteroatoms. The minimum Gasteiger partial charge on any atom is -0.276 e. The number of carbonyl (C=O) groups is 2. The second-order valence-corrected chi connectivity index (χ2v) is 8.93. The van der Waals surface area contributed by atoms with E-state index in [4.69, 9.17) is 0 Å². The van der Waals surface area contributed by atoms with Gasteiger partial charge in [-0.25, -0.2) is 8.42 Å². The van der Waals surface area contributed by atoms with Crippen molar-refractivity contribution in [1.29, 1.82) is 0 Å². The number of rotatable bonds is 3. The van der Waals surface area contributed by atoms with Crippen molar-refractivity contribution in [2.45, 2.75) is 30.7 Å². The van der Waals surface area contributed by atoms with Crippen LogP contribution in [-0.2, 0) is 19.6 Å². The van der Waals surface area contributed by atoms with E-state index in [0.717, 1.165) is 5.56 Å². The number of allylic oxidation sites excluding steroid dienone is 2. The Bertz CT molecular complexity index is 828. The van der Waals surface area contributed by atoms with Crippen LogP contribution >= 0.6 is 0 Å². The molecule has 2 saturated heterocycles. The lowest BCUT2D eigenvalue weighted by Crippen LogP contribution is -2.62. The second-order valence-electron chi connectivity index (χ2n) is 6.99. The van der Waals surface area contributed by atoms with Crippen LogP contribution in [0, 0.1) is 18.8 Å².